The summed E-state index contributed by atoms with van der Waals surface area (Å²) in [5.74, 6) is -2.70. The van der Waals surface area contributed by atoms with Crippen LogP contribution in [-0.4, -0.2) is 66.1 Å². The molecule has 0 aromatic heterocycles. The lowest BCUT2D eigenvalue weighted by atomic mass is 10.0. The second-order valence-corrected chi connectivity index (χ2v) is 10.0. The molecule has 0 saturated heterocycles. The fourth-order valence-electron chi connectivity index (χ4n) is 4.00. The topological polar surface area (TPSA) is 203 Å². The van der Waals surface area contributed by atoms with Crippen LogP contribution >= 0.6 is 0 Å². The summed E-state index contributed by atoms with van der Waals surface area (Å²) in [5, 5.41) is 17.5. The molecule has 0 aliphatic heterocycles. The molecule has 38 heavy (non-hydrogen) atoms. The van der Waals surface area contributed by atoms with Gasteiger partial charge in [0.1, 0.15) is 18.1 Å². The minimum atomic E-state index is -1.15. The van der Waals surface area contributed by atoms with Crippen molar-refractivity contribution < 1.29 is 24.3 Å². The Hall–Kier alpha value is -3.02. The molecule has 0 aliphatic carbocycles. The van der Waals surface area contributed by atoms with Crippen molar-refractivity contribution >= 4 is 23.7 Å². The van der Waals surface area contributed by atoms with Gasteiger partial charge >= 0.3 is 5.97 Å². The van der Waals surface area contributed by atoms with Gasteiger partial charge in [-0.05, 0) is 75.9 Å². The summed E-state index contributed by atoms with van der Waals surface area (Å²) >= 11 is 0. The van der Waals surface area contributed by atoms with Gasteiger partial charge < -0.3 is 38.3 Å². The maximum Gasteiger partial charge on any atom is 0.326 e. The van der Waals surface area contributed by atoms with E-state index in [4.69, 9.17) is 17.2 Å². The second kappa shape index (κ2) is 18.3. The fraction of sp³-hybridized carbons (Fsp3) is 0.630. The van der Waals surface area contributed by atoms with E-state index in [1.54, 1.807) is 0 Å². The Morgan fingerprint density at radius 1 is 0.763 bits per heavy atom. The van der Waals surface area contributed by atoms with E-state index in [1.807, 2.05) is 44.2 Å². The van der Waals surface area contributed by atoms with Crippen LogP contribution in [0.2, 0.25) is 0 Å². The lowest BCUT2D eigenvalue weighted by Gasteiger charge is -2.26. The molecule has 11 nitrogen and oxygen atoms in total. The normalized spacial score (nSPS) is 14.3. The van der Waals surface area contributed by atoms with Gasteiger partial charge in [-0.25, -0.2) is 4.79 Å². The number of nitrogens with one attached hydrogen (secondary N) is 3. The van der Waals surface area contributed by atoms with Gasteiger partial charge in [-0.3, -0.25) is 14.4 Å². The summed E-state index contributed by atoms with van der Waals surface area (Å²) in [6.07, 6.45) is 3.60. The largest absolute Gasteiger partial charge is 0.480 e. The first kappa shape index (κ1) is 33.0. The van der Waals surface area contributed by atoms with Gasteiger partial charge in [0.05, 0.1) is 6.04 Å². The molecule has 0 fully saturated rings. The molecule has 4 atom stereocenters. The zero-order valence-electron chi connectivity index (χ0n) is 22.7. The molecule has 1 aromatic rings. The summed E-state index contributed by atoms with van der Waals surface area (Å²) in [6, 6.07) is 5.49. The van der Waals surface area contributed by atoms with Crippen molar-refractivity contribution in [1.82, 2.24) is 16.0 Å². The van der Waals surface area contributed by atoms with Gasteiger partial charge in [0.15, 0.2) is 0 Å². The molecule has 0 saturated carbocycles. The van der Waals surface area contributed by atoms with E-state index in [-0.39, 0.29) is 12.3 Å². The number of amides is 3. The summed E-state index contributed by atoms with van der Waals surface area (Å²) in [7, 11) is 0. The molecule has 0 spiro atoms. The lowest BCUT2D eigenvalue weighted by molar-refractivity contribution is -0.142. The van der Waals surface area contributed by atoms with Crippen molar-refractivity contribution in [3.8, 4) is 0 Å². The monoisotopic (exact) mass is 534 g/mol. The molecule has 1 aromatic carbocycles. The first-order valence-electron chi connectivity index (χ1n) is 13.4. The van der Waals surface area contributed by atoms with Gasteiger partial charge in [-0.2, -0.15) is 0 Å². The van der Waals surface area contributed by atoms with Crippen molar-refractivity contribution in [1.29, 1.82) is 0 Å². The molecule has 0 bridgehead atoms. The quantitative estimate of drug-likeness (QED) is 0.123. The summed E-state index contributed by atoms with van der Waals surface area (Å²) in [5.41, 5.74) is 18.1. The number of rotatable bonds is 19. The van der Waals surface area contributed by atoms with Gasteiger partial charge in [0.2, 0.25) is 17.7 Å². The zero-order valence-corrected chi connectivity index (χ0v) is 22.7. The number of carboxylic acid groups (broad SMARTS) is 1. The number of carbonyl (C=O) groups is 4. The third-order valence-electron chi connectivity index (χ3n) is 6.12. The highest BCUT2D eigenvalue weighted by Gasteiger charge is 2.30. The predicted molar refractivity (Wildman–Crippen MR) is 147 cm³/mol. The molecule has 4 unspecified atom stereocenters. The van der Waals surface area contributed by atoms with Crippen LogP contribution in [0.4, 0.5) is 0 Å². The molecular weight excluding hydrogens is 488 g/mol. The first-order valence-corrected chi connectivity index (χ1v) is 13.4. The van der Waals surface area contributed by atoms with Crippen molar-refractivity contribution in [2.75, 3.05) is 13.1 Å². The third kappa shape index (κ3) is 13.0. The maximum absolute atomic E-state index is 13.3. The van der Waals surface area contributed by atoms with Gasteiger partial charge in [0.25, 0.3) is 0 Å². The van der Waals surface area contributed by atoms with E-state index < -0.39 is 47.9 Å². The zero-order chi connectivity index (χ0) is 28.5. The molecule has 0 heterocycles. The number of carbonyl (C=O) groups excluding carboxylic acids is 3. The number of unbranched alkanes of at least 4 members (excludes halogenated alkanes) is 2. The average molecular weight is 535 g/mol. The van der Waals surface area contributed by atoms with Crippen LogP contribution in [0.15, 0.2) is 30.3 Å². The fourth-order valence-corrected chi connectivity index (χ4v) is 4.00. The molecule has 0 aliphatic rings. The Morgan fingerprint density at radius 2 is 1.26 bits per heavy atom. The van der Waals surface area contributed by atoms with E-state index in [9.17, 15) is 24.3 Å². The molecule has 1 rings (SSSR count). The minimum absolute atomic E-state index is 0.0381. The van der Waals surface area contributed by atoms with Crippen molar-refractivity contribution in [3.05, 3.63) is 35.9 Å². The molecule has 11 heteroatoms. The maximum atomic E-state index is 13.3. The number of hydrogen-bond donors (Lipinski definition) is 7. The Kier molecular flexibility index (Phi) is 15.9. The Labute approximate surface area is 225 Å². The van der Waals surface area contributed by atoms with Crippen LogP contribution in [-0.2, 0) is 25.6 Å². The van der Waals surface area contributed by atoms with E-state index in [0.717, 1.165) is 5.56 Å². The van der Waals surface area contributed by atoms with E-state index in [0.29, 0.717) is 58.0 Å². The highest BCUT2D eigenvalue weighted by molar-refractivity contribution is 5.94. The van der Waals surface area contributed by atoms with Crippen LogP contribution in [0.1, 0.15) is 64.4 Å². The lowest BCUT2D eigenvalue weighted by Crippen LogP contribution is -2.57. The number of benzene rings is 1. The standard InChI is InChI=1S/C27H46N6O5/c1-18(2)16-23(26(36)32-22(27(37)38)13-7-9-15-29)33-25(35)21(12-6-8-14-28)31-24(34)20(30)17-19-10-4-3-5-11-19/h3-5,10-11,18,20-23H,6-9,12-17,28-30H2,1-2H3,(H,31,34)(H,32,36)(H,33,35)(H,37,38). The molecule has 3 amide bonds. The van der Waals surface area contributed by atoms with Gasteiger partial charge in [-0.1, -0.05) is 44.2 Å². The van der Waals surface area contributed by atoms with Gasteiger partial charge in [-0.15, -0.1) is 0 Å². The Morgan fingerprint density at radius 3 is 1.79 bits per heavy atom. The minimum Gasteiger partial charge on any atom is -0.480 e. The molecular formula is C27H46N6O5. The summed E-state index contributed by atoms with van der Waals surface area (Å²) < 4.78 is 0. The van der Waals surface area contributed by atoms with E-state index >= 15 is 0 Å². The van der Waals surface area contributed by atoms with E-state index in [1.165, 1.54) is 0 Å². The van der Waals surface area contributed by atoms with Crippen LogP contribution in [0.3, 0.4) is 0 Å². The average Bonchev–Trinajstić information content (AvgIpc) is 2.87. The Bertz CT molecular complexity index is 867. The predicted octanol–water partition coefficient (Wildman–Crippen LogP) is 0.400. The highest BCUT2D eigenvalue weighted by Crippen LogP contribution is 2.10. The number of carboxylic acids is 1. The van der Waals surface area contributed by atoms with Crippen molar-refractivity contribution in [2.45, 2.75) is 89.4 Å². The first-order chi connectivity index (χ1) is 18.1. The highest BCUT2D eigenvalue weighted by atomic mass is 16.4. The van der Waals surface area contributed by atoms with Crippen molar-refractivity contribution in [3.63, 3.8) is 0 Å². The summed E-state index contributed by atoms with van der Waals surface area (Å²) in [4.78, 5) is 50.8. The smallest absolute Gasteiger partial charge is 0.326 e. The summed E-state index contributed by atoms with van der Waals surface area (Å²) in [6.45, 7) is 4.66. The number of nitrogens with two attached hydrogens (primary N) is 3. The molecule has 214 valence electrons. The van der Waals surface area contributed by atoms with Crippen molar-refractivity contribution in [2.24, 2.45) is 23.1 Å². The SMILES string of the molecule is CC(C)CC(NC(=O)C(CCCCN)NC(=O)C(N)Cc1ccccc1)C(=O)NC(CCCCN)C(=O)O. The van der Waals surface area contributed by atoms with Crippen LogP contribution in [0, 0.1) is 5.92 Å². The Balaban J connectivity index is 2.94. The van der Waals surface area contributed by atoms with Crippen LogP contribution < -0.4 is 33.2 Å². The molecule has 10 N–H and O–H groups in total. The molecule has 0 radical (unpaired) electrons. The van der Waals surface area contributed by atoms with Crippen LogP contribution in [0.5, 0.6) is 0 Å². The number of hydrogen-bond acceptors (Lipinski definition) is 7. The number of aliphatic carboxylic acids is 1. The van der Waals surface area contributed by atoms with Gasteiger partial charge in [0, 0.05) is 0 Å². The van der Waals surface area contributed by atoms with E-state index in [2.05, 4.69) is 16.0 Å². The van der Waals surface area contributed by atoms with Crippen LogP contribution in [0.25, 0.3) is 0 Å². The third-order valence-corrected chi connectivity index (χ3v) is 6.12. The second-order valence-electron chi connectivity index (χ2n) is 10.0.